The van der Waals surface area contributed by atoms with E-state index < -0.39 is 5.97 Å². The Labute approximate surface area is 131 Å². The molecule has 0 atom stereocenters. The molecule has 4 rings (SSSR count). The van der Waals surface area contributed by atoms with Crippen LogP contribution in [0.1, 0.15) is 48.5 Å². The molecule has 0 aromatic heterocycles. The van der Waals surface area contributed by atoms with E-state index in [9.17, 15) is 9.90 Å². The van der Waals surface area contributed by atoms with Crippen LogP contribution in [0, 0.1) is 5.41 Å². The van der Waals surface area contributed by atoms with E-state index in [0.717, 1.165) is 32.0 Å². The summed E-state index contributed by atoms with van der Waals surface area (Å²) >= 11 is 0. The van der Waals surface area contributed by atoms with Gasteiger partial charge < -0.3 is 14.7 Å². The molecule has 0 radical (unpaired) electrons. The summed E-state index contributed by atoms with van der Waals surface area (Å²) in [5.74, 6) is -0.830. The maximum atomic E-state index is 11.6. The predicted molar refractivity (Wildman–Crippen MR) is 84.7 cm³/mol. The van der Waals surface area contributed by atoms with Crippen molar-refractivity contribution < 1.29 is 14.6 Å². The minimum atomic E-state index is -0.830. The Morgan fingerprint density at radius 3 is 2.36 bits per heavy atom. The Balaban J connectivity index is 1.65. The van der Waals surface area contributed by atoms with Gasteiger partial charge in [-0.3, -0.25) is 0 Å². The van der Waals surface area contributed by atoms with Crippen molar-refractivity contribution in [2.75, 3.05) is 31.2 Å². The molecule has 3 aliphatic rings. The summed E-state index contributed by atoms with van der Waals surface area (Å²) in [6.45, 7) is 5.60. The van der Waals surface area contributed by atoms with Crippen molar-refractivity contribution >= 4 is 11.7 Å². The molecular weight excluding hydrogens is 278 g/mol. The standard InChI is InChI=1S/C18H23NO3/c1-17(11-22-12-17)13-2-3-14(16(20)21)15(10-13)19-8-6-18(4-5-18)7-9-19/h2-3,10H,4-9,11-12H2,1H3,(H,20,21). The molecule has 0 unspecified atom stereocenters. The Bertz CT molecular complexity index is 607. The van der Waals surface area contributed by atoms with Crippen molar-refractivity contribution in [3.05, 3.63) is 29.3 Å². The van der Waals surface area contributed by atoms with Crippen LogP contribution in [0.4, 0.5) is 5.69 Å². The summed E-state index contributed by atoms with van der Waals surface area (Å²) in [7, 11) is 0. The van der Waals surface area contributed by atoms with Crippen molar-refractivity contribution in [3.8, 4) is 0 Å². The first-order valence-electron chi connectivity index (χ1n) is 8.22. The second-order valence-electron chi connectivity index (χ2n) is 7.58. The molecule has 0 bridgehead atoms. The van der Waals surface area contributed by atoms with E-state index in [-0.39, 0.29) is 5.41 Å². The summed E-state index contributed by atoms with van der Waals surface area (Å²) in [5, 5.41) is 9.52. The fourth-order valence-electron chi connectivity index (χ4n) is 3.82. The Kier molecular flexibility index (Phi) is 3.02. The Hall–Kier alpha value is -1.55. The highest BCUT2D eigenvalue weighted by Gasteiger charge is 2.45. The molecule has 118 valence electrons. The lowest BCUT2D eigenvalue weighted by atomic mass is 9.80. The van der Waals surface area contributed by atoms with E-state index in [1.165, 1.54) is 31.2 Å². The monoisotopic (exact) mass is 301 g/mol. The van der Waals surface area contributed by atoms with E-state index in [0.29, 0.717) is 11.0 Å². The van der Waals surface area contributed by atoms with Crippen molar-refractivity contribution in [1.29, 1.82) is 0 Å². The summed E-state index contributed by atoms with van der Waals surface area (Å²) in [4.78, 5) is 13.9. The van der Waals surface area contributed by atoms with Gasteiger partial charge in [-0.15, -0.1) is 0 Å². The first-order valence-corrected chi connectivity index (χ1v) is 8.22. The lowest BCUT2D eigenvalue weighted by Gasteiger charge is -2.40. The van der Waals surface area contributed by atoms with E-state index in [2.05, 4.69) is 17.9 Å². The molecular formula is C18H23NO3. The fourth-order valence-corrected chi connectivity index (χ4v) is 3.82. The molecule has 22 heavy (non-hydrogen) atoms. The zero-order valence-electron chi connectivity index (χ0n) is 13.1. The molecule has 1 spiro atoms. The van der Waals surface area contributed by atoms with Crippen molar-refractivity contribution in [1.82, 2.24) is 0 Å². The maximum Gasteiger partial charge on any atom is 0.337 e. The van der Waals surface area contributed by atoms with Gasteiger partial charge in [-0.25, -0.2) is 4.79 Å². The summed E-state index contributed by atoms with van der Waals surface area (Å²) < 4.78 is 5.36. The number of hydrogen-bond acceptors (Lipinski definition) is 3. The van der Waals surface area contributed by atoms with Gasteiger partial charge in [0.25, 0.3) is 0 Å². The minimum Gasteiger partial charge on any atom is -0.478 e. The van der Waals surface area contributed by atoms with Gasteiger partial charge in [-0.05, 0) is 48.8 Å². The third-order valence-corrected chi connectivity index (χ3v) is 5.89. The molecule has 1 aromatic rings. The van der Waals surface area contributed by atoms with Gasteiger partial charge in [-0.1, -0.05) is 13.0 Å². The number of carbonyl (C=O) groups is 1. The van der Waals surface area contributed by atoms with Crippen LogP contribution in [-0.2, 0) is 10.2 Å². The molecule has 1 N–H and O–H groups in total. The first-order chi connectivity index (χ1) is 10.5. The van der Waals surface area contributed by atoms with Gasteiger partial charge in [0, 0.05) is 18.5 Å². The second kappa shape index (κ2) is 4.72. The minimum absolute atomic E-state index is 0.0410. The lowest BCUT2D eigenvalue weighted by molar-refractivity contribution is -0.0499. The smallest absolute Gasteiger partial charge is 0.337 e. The van der Waals surface area contributed by atoms with Gasteiger partial charge in [0.2, 0.25) is 0 Å². The van der Waals surface area contributed by atoms with Gasteiger partial charge in [0.15, 0.2) is 0 Å². The molecule has 4 heteroatoms. The number of anilines is 1. The molecule has 2 aliphatic heterocycles. The van der Waals surface area contributed by atoms with E-state index in [1.54, 1.807) is 6.07 Å². The molecule has 4 nitrogen and oxygen atoms in total. The fraction of sp³-hybridized carbons (Fsp3) is 0.611. The summed E-state index contributed by atoms with van der Waals surface area (Å²) in [5.41, 5.74) is 3.17. The van der Waals surface area contributed by atoms with Crippen molar-refractivity contribution in [2.45, 2.75) is 38.0 Å². The zero-order chi connectivity index (χ0) is 15.4. The van der Waals surface area contributed by atoms with E-state index >= 15 is 0 Å². The number of hydrogen-bond donors (Lipinski definition) is 1. The highest BCUT2D eigenvalue weighted by molar-refractivity contribution is 5.94. The topological polar surface area (TPSA) is 49.8 Å². The highest BCUT2D eigenvalue weighted by atomic mass is 16.5. The van der Waals surface area contributed by atoms with Crippen LogP contribution in [-0.4, -0.2) is 37.4 Å². The average Bonchev–Trinajstić information content (AvgIpc) is 3.24. The summed E-state index contributed by atoms with van der Waals surface area (Å²) in [6.07, 6.45) is 5.14. The third kappa shape index (κ3) is 2.21. The number of carboxylic acids is 1. The van der Waals surface area contributed by atoms with Gasteiger partial charge in [0.05, 0.1) is 24.5 Å². The van der Waals surface area contributed by atoms with E-state index in [4.69, 9.17) is 4.74 Å². The lowest BCUT2D eigenvalue weighted by Crippen LogP contribution is -2.44. The average molecular weight is 301 g/mol. The second-order valence-corrected chi connectivity index (χ2v) is 7.58. The number of nitrogens with zero attached hydrogens (tertiary/aromatic N) is 1. The molecule has 0 amide bonds. The van der Waals surface area contributed by atoms with Gasteiger partial charge >= 0.3 is 5.97 Å². The molecule has 2 heterocycles. The maximum absolute atomic E-state index is 11.6. The number of ether oxygens (including phenoxy) is 1. The number of piperidine rings is 1. The van der Waals surface area contributed by atoms with Crippen LogP contribution in [0.5, 0.6) is 0 Å². The molecule has 2 saturated heterocycles. The number of carboxylic acid groups (broad SMARTS) is 1. The van der Waals surface area contributed by atoms with Crippen molar-refractivity contribution in [2.24, 2.45) is 5.41 Å². The van der Waals surface area contributed by atoms with Crippen LogP contribution in [0.25, 0.3) is 0 Å². The first kappa shape index (κ1) is 14.1. The van der Waals surface area contributed by atoms with Crippen molar-refractivity contribution in [3.63, 3.8) is 0 Å². The van der Waals surface area contributed by atoms with Crippen LogP contribution < -0.4 is 4.90 Å². The van der Waals surface area contributed by atoms with Crippen LogP contribution >= 0.6 is 0 Å². The predicted octanol–water partition coefficient (Wildman–Crippen LogP) is 3.05. The quantitative estimate of drug-likeness (QED) is 0.932. The van der Waals surface area contributed by atoms with Gasteiger partial charge in [0.1, 0.15) is 0 Å². The molecule has 1 aromatic carbocycles. The zero-order valence-corrected chi connectivity index (χ0v) is 13.1. The van der Waals surface area contributed by atoms with Gasteiger partial charge in [-0.2, -0.15) is 0 Å². The Morgan fingerprint density at radius 1 is 1.18 bits per heavy atom. The molecule has 1 aliphatic carbocycles. The Morgan fingerprint density at radius 2 is 1.86 bits per heavy atom. The van der Waals surface area contributed by atoms with Crippen LogP contribution in [0.3, 0.4) is 0 Å². The van der Waals surface area contributed by atoms with Crippen LogP contribution in [0.15, 0.2) is 18.2 Å². The largest absolute Gasteiger partial charge is 0.478 e. The number of benzene rings is 1. The molecule has 1 saturated carbocycles. The summed E-state index contributed by atoms with van der Waals surface area (Å²) in [6, 6.07) is 5.83. The van der Waals surface area contributed by atoms with E-state index in [1.807, 2.05) is 6.07 Å². The third-order valence-electron chi connectivity index (χ3n) is 5.89. The highest BCUT2D eigenvalue weighted by Crippen LogP contribution is 2.54. The number of rotatable bonds is 3. The normalized spacial score (nSPS) is 24.9. The number of aromatic carboxylic acids is 1. The SMILES string of the molecule is CC1(c2ccc(C(=O)O)c(N3CCC4(CC3)CC4)c2)COC1. The molecule has 3 fully saturated rings. The van der Waals surface area contributed by atoms with Crippen LogP contribution in [0.2, 0.25) is 0 Å².